The third kappa shape index (κ3) is 6.82. The number of halogens is 2. The lowest BCUT2D eigenvalue weighted by Crippen LogP contribution is -1.99. The average molecular weight is 297 g/mol. The van der Waals surface area contributed by atoms with Crippen molar-refractivity contribution in [2.75, 3.05) is 12.5 Å². The van der Waals surface area contributed by atoms with Gasteiger partial charge < -0.3 is 4.74 Å². The van der Waals surface area contributed by atoms with Crippen molar-refractivity contribution >= 4 is 11.6 Å². The summed E-state index contributed by atoms with van der Waals surface area (Å²) in [7, 11) is 0. The van der Waals surface area contributed by atoms with Crippen LogP contribution < -0.4 is 4.74 Å². The molecule has 0 aliphatic rings. The average Bonchev–Trinajstić information content (AvgIpc) is 2.45. The van der Waals surface area contributed by atoms with Crippen molar-refractivity contribution in [2.45, 2.75) is 45.4 Å². The van der Waals surface area contributed by atoms with Gasteiger partial charge in [-0.3, -0.25) is 0 Å². The fraction of sp³-hybridized carbons (Fsp3) is 0.529. The molecule has 3 heteroatoms. The summed E-state index contributed by atoms with van der Waals surface area (Å²) < 4.78 is 18.9. The highest BCUT2D eigenvalue weighted by Gasteiger charge is 2.03. The first-order valence-corrected chi connectivity index (χ1v) is 7.78. The van der Waals surface area contributed by atoms with Gasteiger partial charge in [-0.2, -0.15) is 0 Å². The van der Waals surface area contributed by atoms with Gasteiger partial charge in [0.15, 0.2) is 0 Å². The lowest BCUT2D eigenvalue weighted by Gasteiger charge is -2.08. The van der Waals surface area contributed by atoms with Gasteiger partial charge in [0.25, 0.3) is 0 Å². The van der Waals surface area contributed by atoms with E-state index in [0.29, 0.717) is 17.9 Å². The Kier molecular flexibility index (Phi) is 8.91. The summed E-state index contributed by atoms with van der Waals surface area (Å²) in [4.78, 5) is 0. The van der Waals surface area contributed by atoms with Gasteiger partial charge in [-0.25, -0.2) is 4.39 Å². The zero-order valence-electron chi connectivity index (χ0n) is 12.1. The Labute approximate surface area is 126 Å². The number of benzene rings is 1. The molecule has 0 amide bonds. The molecular formula is C17H22ClFO. The number of unbranched alkanes of at least 4 members (excludes halogenated alkanes) is 5. The molecule has 0 unspecified atom stereocenters. The Bertz CT molecular complexity index is 448. The molecule has 0 heterocycles. The molecular weight excluding hydrogens is 275 g/mol. The van der Waals surface area contributed by atoms with Gasteiger partial charge in [0.05, 0.1) is 18.1 Å². The van der Waals surface area contributed by atoms with E-state index in [0.717, 1.165) is 12.8 Å². The van der Waals surface area contributed by atoms with Crippen LogP contribution in [-0.2, 0) is 0 Å². The molecule has 1 aromatic rings. The van der Waals surface area contributed by atoms with Gasteiger partial charge in [0, 0.05) is 6.07 Å². The smallest absolute Gasteiger partial charge is 0.137 e. The Morgan fingerprint density at radius 2 is 1.90 bits per heavy atom. The van der Waals surface area contributed by atoms with Gasteiger partial charge in [-0.1, -0.05) is 50.9 Å². The van der Waals surface area contributed by atoms with Crippen LogP contribution in [0.15, 0.2) is 18.2 Å². The predicted molar refractivity (Wildman–Crippen MR) is 82.9 cm³/mol. The van der Waals surface area contributed by atoms with Gasteiger partial charge in [0.1, 0.15) is 11.6 Å². The highest BCUT2D eigenvalue weighted by atomic mass is 35.5. The van der Waals surface area contributed by atoms with Crippen LogP contribution in [0.3, 0.4) is 0 Å². The normalized spacial score (nSPS) is 9.95. The molecule has 1 aromatic carbocycles. The van der Waals surface area contributed by atoms with Crippen molar-refractivity contribution in [3.63, 3.8) is 0 Å². The van der Waals surface area contributed by atoms with Crippen LogP contribution in [0, 0.1) is 17.7 Å². The summed E-state index contributed by atoms with van der Waals surface area (Å²) in [5.74, 6) is 6.11. The minimum absolute atomic E-state index is 0.258. The van der Waals surface area contributed by atoms with Gasteiger partial charge >= 0.3 is 0 Å². The minimum atomic E-state index is -0.306. The molecule has 0 radical (unpaired) electrons. The maximum atomic E-state index is 13.2. The number of hydrogen-bond donors (Lipinski definition) is 0. The standard InChI is InChI=1S/C17H22ClFO/c1-2-3-4-5-6-7-13-20-17-14-16(19)11-10-15(17)9-8-12-18/h10-11,14H,2-7,12-13H2,1H3. The summed E-state index contributed by atoms with van der Waals surface area (Å²) in [6, 6.07) is 4.40. The number of alkyl halides is 1. The molecule has 0 fully saturated rings. The summed E-state index contributed by atoms with van der Waals surface area (Å²) >= 11 is 5.53. The van der Waals surface area contributed by atoms with Crippen molar-refractivity contribution in [2.24, 2.45) is 0 Å². The van der Waals surface area contributed by atoms with Crippen LogP contribution in [0.5, 0.6) is 5.75 Å². The van der Waals surface area contributed by atoms with Crippen molar-refractivity contribution in [1.82, 2.24) is 0 Å². The van der Waals surface area contributed by atoms with Gasteiger partial charge in [-0.15, -0.1) is 11.6 Å². The van der Waals surface area contributed by atoms with Crippen LogP contribution in [-0.4, -0.2) is 12.5 Å². The number of ether oxygens (including phenoxy) is 1. The Hall–Kier alpha value is -1.20. The van der Waals surface area contributed by atoms with Crippen LogP contribution in [0.4, 0.5) is 4.39 Å². The first kappa shape index (κ1) is 16.9. The Morgan fingerprint density at radius 1 is 1.15 bits per heavy atom. The summed E-state index contributed by atoms with van der Waals surface area (Å²) in [6.45, 7) is 2.81. The monoisotopic (exact) mass is 296 g/mol. The molecule has 1 rings (SSSR count). The minimum Gasteiger partial charge on any atom is -0.492 e. The van der Waals surface area contributed by atoms with E-state index in [1.807, 2.05) is 0 Å². The molecule has 0 saturated heterocycles. The lowest BCUT2D eigenvalue weighted by molar-refractivity contribution is 0.302. The third-order valence-corrected chi connectivity index (χ3v) is 3.12. The second-order valence-electron chi connectivity index (χ2n) is 4.69. The molecule has 0 aliphatic carbocycles. The quantitative estimate of drug-likeness (QED) is 0.366. The van der Waals surface area contributed by atoms with Crippen molar-refractivity contribution in [3.8, 4) is 17.6 Å². The number of rotatable bonds is 8. The molecule has 0 aliphatic heterocycles. The predicted octanol–water partition coefficient (Wildman–Crippen LogP) is 5.16. The van der Waals surface area contributed by atoms with E-state index in [-0.39, 0.29) is 11.7 Å². The molecule has 0 bridgehead atoms. The molecule has 0 spiro atoms. The maximum Gasteiger partial charge on any atom is 0.137 e. The molecule has 0 saturated carbocycles. The topological polar surface area (TPSA) is 9.23 Å². The molecule has 0 atom stereocenters. The van der Waals surface area contributed by atoms with E-state index in [2.05, 4.69) is 18.8 Å². The van der Waals surface area contributed by atoms with Crippen LogP contribution >= 0.6 is 11.6 Å². The van der Waals surface area contributed by atoms with Crippen molar-refractivity contribution in [3.05, 3.63) is 29.6 Å². The van der Waals surface area contributed by atoms with E-state index >= 15 is 0 Å². The summed E-state index contributed by atoms with van der Waals surface area (Å²) in [5, 5.41) is 0. The molecule has 0 N–H and O–H groups in total. The highest BCUT2D eigenvalue weighted by Crippen LogP contribution is 2.19. The molecule has 110 valence electrons. The fourth-order valence-corrected chi connectivity index (χ4v) is 1.98. The fourth-order valence-electron chi connectivity index (χ4n) is 1.91. The molecule has 20 heavy (non-hydrogen) atoms. The first-order chi connectivity index (χ1) is 9.77. The van der Waals surface area contributed by atoms with E-state index < -0.39 is 0 Å². The first-order valence-electron chi connectivity index (χ1n) is 7.25. The molecule has 1 nitrogen and oxygen atoms in total. The van der Waals surface area contributed by atoms with Crippen molar-refractivity contribution in [1.29, 1.82) is 0 Å². The van der Waals surface area contributed by atoms with E-state index in [4.69, 9.17) is 16.3 Å². The second kappa shape index (κ2) is 10.6. The summed E-state index contributed by atoms with van der Waals surface area (Å²) in [6.07, 6.45) is 7.20. The van der Waals surface area contributed by atoms with E-state index in [9.17, 15) is 4.39 Å². The lowest BCUT2D eigenvalue weighted by atomic mass is 10.1. The van der Waals surface area contributed by atoms with Crippen LogP contribution in [0.25, 0.3) is 0 Å². The van der Waals surface area contributed by atoms with E-state index in [1.54, 1.807) is 6.07 Å². The van der Waals surface area contributed by atoms with Gasteiger partial charge in [0.2, 0.25) is 0 Å². The zero-order valence-corrected chi connectivity index (χ0v) is 12.8. The van der Waals surface area contributed by atoms with Crippen LogP contribution in [0.1, 0.15) is 51.0 Å². The molecule has 0 aromatic heterocycles. The van der Waals surface area contributed by atoms with Crippen LogP contribution in [0.2, 0.25) is 0 Å². The van der Waals surface area contributed by atoms with E-state index in [1.165, 1.54) is 37.8 Å². The van der Waals surface area contributed by atoms with Gasteiger partial charge in [-0.05, 0) is 18.6 Å². The summed E-state index contributed by atoms with van der Waals surface area (Å²) in [5.41, 5.74) is 0.693. The Morgan fingerprint density at radius 3 is 2.65 bits per heavy atom. The third-order valence-electron chi connectivity index (χ3n) is 2.99. The second-order valence-corrected chi connectivity index (χ2v) is 4.96. The highest BCUT2D eigenvalue weighted by molar-refractivity contribution is 6.19. The largest absolute Gasteiger partial charge is 0.492 e. The number of hydrogen-bond acceptors (Lipinski definition) is 1. The zero-order chi connectivity index (χ0) is 14.6. The Balaban J connectivity index is 2.40. The van der Waals surface area contributed by atoms with Crippen molar-refractivity contribution < 1.29 is 9.13 Å². The maximum absolute atomic E-state index is 13.2. The SMILES string of the molecule is CCCCCCCCOc1cc(F)ccc1C#CCCl.